The Morgan fingerprint density at radius 1 is 1.32 bits per heavy atom. The van der Waals surface area contributed by atoms with Crippen LogP contribution >= 0.6 is 0 Å². The molecule has 1 saturated carbocycles. The number of nitrogens with one attached hydrogen (secondary N) is 1. The predicted molar refractivity (Wildman–Crippen MR) is 68.5 cm³/mol. The van der Waals surface area contributed by atoms with Gasteiger partial charge in [0.25, 0.3) is 0 Å². The number of aliphatic carboxylic acids is 1. The SMILES string of the molecule is CC1(C(=O)O)COCC1NC(=O)C1(N)CCCCC1. The zero-order valence-corrected chi connectivity index (χ0v) is 11.3. The number of carboxylic acid groups (broad SMARTS) is 1. The van der Waals surface area contributed by atoms with Gasteiger partial charge in [-0.3, -0.25) is 9.59 Å². The molecule has 0 bridgehead atoms. The summed E-state index contributed by atoms with van der Waals surface area (Å²) in [6.07, 6.45) is 4.32. The summed E-state index contributed by atoms with van der Waals surface area (Å²) in [6.45, 7) is 1.94. The molecule has 1 aliphatic carbocycles. The van der Waals surface area contributed by atoms with Gasteiger partial charge in [-0.15, -0.1) is 0 Å². The fraction of sp³-hybridized carbons (Fsp3) is 0.846. The largest absolute Gasteiger partial charge is 0.481 e. The van der Waals surface area contributed by atoms with Crippen LogP contribution in [0.5, 0.6) is 0 Å². The molecular formula is C13H22N2O4. The number of amides is 1. The molecule has 4 N–H and O–H groups in total. The fourth-order valence-corrected chi connectivity index (χ4v) is 2.80. The molecule has 2 rings (SSSR count). The van der Waals surface area contributed by atoms with Crippen LogP contribution in [0.3, 0.4) is 0 Å². The van der Waals surface area contributed by atoms with Crippen molar-refractivity contribution in [1.29, 1.82) is 0 Å². The van der Waals surface area contributed by atoms with Crippen LogP contribution in [-0.4, -0.2) is 41.8 Å². The van der Waals surface area contributed by atoms with Crippen molar-refractivity contribution in [2.75, 3.05) is 13.2 Å². The minimum atomic E-state index is -1.07. The fourth-order valence-electron chi connectivity index (χ4n) is 2.80. The number of hydrogen-bond donors (Lipinski definition) is 3. The van der Waals surface area contributed by atoms with Crippen molar-refractivity contribution in [2.24, 2.45) is 11.1 Å². The summed E-state index contributed by atoms with van der Waals surface area (Å²) in [5.74, 6) is -1.19. The Morgan fingerprint density at radius 3 is 2.53 bits per heavy atom. The number of carbonyl (C=O) groups excluding carboxylic acids is 1. The smallest absolute Gasteiger partial charge is 0.313 e. The number of carboxylic acids is 1. The average molecular weight is 270 g/mol. The molecule has 1 heterocycles. The third-order valence-corrected chi connectivity index (χ3v) is 4.45. The highest BCUT2D eigenvalue weighted by Crippen LogP contribution is 2.31. The first-order chi connectivity index (χ1) is 8.88. The van der Waals surface area contributed by atoms with E-state index in [0.717, 1.165) is 19.3 Å². The van der Waals surface area contributed by atoms with Crippen LogP contribution in [0.4, 0.5) is 0 Å². The molecule has 1 aliphatic heterocycles. The zero-order valence-electron chi connectivity index (χ0n) is 11.3. The Bertz CT molecular complexity index is 379. The van der Waals surface area contributed by atoms with E-state index in [1.54, 1.807) is 6.92 Å². The van der Waals surface area contributed by atoms with E-state index in [9.17, 15) is 14.7 Å². The molecule has 0 aromatic rings. The van der Waals surface area contributed by atoms with E-state index in [1.165, 1.54) is 0 Å². The molecule has 2 aliphatic rings. The lowest BCUT2D eigenvalue weighted by Crippen LogP contribution is -2.60. The number of rotatable bonds is 3. The van der Waals surface area contributed by atoms with E-state index in [1.807, 2.05) is 0 Å². The van der Waals surface area contributed by atoms with Gasteiger partial charge in [-0.25, -0.2) is 0 Å². The van der Waals surface area contributed by atoms with Gasteiger partial charge in [0.2, 0.25) is 5.91 Å². The second-order valence-corrected chi connectivity index (χ2v) is 5.98. The second kappa shape index (κ2) is 5.09. The minimum absolute atomic E-state index is 0.116. The molecule has 1 saturated heterocycles. The number of nitrogens with two attached hydrogens (primary N) is 1. The molecule has 6 heteroatoms. The van der Waals surface area contributed by atoms with Gasteiger partial charge in [-0.1, -0.05) is 19.3 Å². The summed E-state index contributed by atoms with van der Waals surface area (Å²) in [5.41, 5.74) is 4.23. The van der Waals surface area contributed by atoms with E-state index in [0.29, 0.717) is 12.8 Å². The Kier molecular flexibility index (Phi) is 3.82. The lowest BCUT2D eigenvalue weighted by molar-refractivity contribution is -0.149. The summed E-state index contributed by atoms with van der Waals surface area (Å²) in [4.78, 5) is 23.6. The van der Waals surface area contributed by atoms with Gasteiger partial charge in [-0.05, 0) is 19.8 Å². The Hall–Kier alpha value is -1.14. The topological polar surface area (TPSA) is 102 Å². The normalized spacial score (nSPS) is 33.9. The first kappa shape index (κ1) is 14.3. The van der Waals surface area contributed by atoms with E-state index >= 15 is 0 Å². The maximum absolute atomic E-state index is 12.3. The molecular weight excluding hydrogens is 248 g/mol. The van der Waals surface area contributed by atoms with E-state index in [-0.39, 0.29) is 19.1 Å². The molecule has 0 spiro atoms. The van der Waals surface area contributed by atoms with Crippen LogP contribution in [0.1, 0.15) is 39.0 Å². The van der Waals surface area contributed by atoms with Gasteiger partial charge in [0.1, 0.15) is 5.41 Å². The van der Waals surface area contributed by atoms with Crippen molar-refractivity contribution in [2.45, 2.75) is 50.6 Å². The molecule has 108 valence electrons. The number of ether oxygens (including phenoxy) is 1. The molecule has 19 heavy (non-hydrogen) atoms. The van der Waals surface area contributed by atoms with Crippen molar-refractivity contribution < 1.29 is 19.4 Å². The summed E-state index contributed by atoms with van der Waals surface area (Å²) in [5, 5.41) is 12.1. The monoisotopic (exact) mass is 270 g/mol. The van der Waals surface area contributed by atoms with Crippen LogP contribution in [0.2, 0.25) is 0 Å². The summed E-state index contributed by atoms with van der Waals surface area (Å²) in [7, 11) is 0. The first-order valence-electron chi connectivity index (χ1n) is 6.79. The van der Waals surface area contributed by atoms with Crippen molar-refractivity contribution in [3.63, 3.8) is 0 Å². The first-order valence-corrected chi connectivity index (χ1v) is 6.79. The van der Waals surface area contributed by atoms with Crippen molar-refractivity contribution >= 4 is 11.9 Å². The highest BCUT2D eigenvalue weighted by Gasteiger charge is 2.49. The summed E-state index contributed by atoms with van der Waals surface area (Å²) < 4.78 is 5.22. The van der Waals surface area contributed by atoms with Gasteiger partial charge < -0.3 is 20.9 Å². The van der Waals surface area contributed by atoms with Crippen LogP contribution in [0, 0.1) is 5.41 Å². The predicted octanol–water partition coefficient (Wildman–Crippen LogP) is 0.254. The Morgan fingerprint density at radius 2 is 1.95 bits per heavy atom. The van der Waals surface area contributed by atoms with Gasteiger partial charge in [-0.2, -0.15) is 0 Å². The van der Waals surface area contributed by atoms with Crippen LogP contribution in [0.15, 0.2) is 0 Å². The standard InChI is InChI=1S/C13H22N2O4/c1-12(11(17)18)8-19-7-9(12)15-10(16)13(14)5-3-2-4-6-13/h9H,2-8,14H2,1H3,(H,15,16)(H,17,18). The number of carbonyl (C=O) groups is 2. The lowest BCUT2D eigenvalue weighted by Gasteiger charge is -2.34. The molecule has 6 nitrogen and oxygen atoms in total. The van der Waals surface area contributed by atoms with Crippen LogP contribution in [0.25, 0.3) is 0 Å². The summed E-state index contributed by atoms with van der Waals surface area (Å²) in [6, 6.07) is -0.514. The molecule has 1 amide bonds. The quantitative estimate of drug-likeness (QED) is 0.682. The number of hydrogen-bond acceptors (Lipinski definition) is 4. The second-order valence-electron chi connectivity index (χ2n) is 5.98. The Balaban J connectivity index is 2.04. The van der Waals surface area contributed by atoms with Crippen molar-refractivity contribution in [3.05, 3.63) is 0 Å². The third-order valence-electron chi connectivity index (χ3n) is 4.45. The highest BCUT2D eigenvalue weighted by atomic mass is 16.5. The van der Waals surface area contributed by atoms with Gasteiger partial charge in [0.15, 0.2) is 0 Å². The molecule has 0 aromatic carbocycles. The van der Waals surface area contributed by atoms with E-state index < -0.39 is 23.0 Å². The average Bonchev–Trinajstić information content (AvgIpc) is 2.73. The molecule has 0 radical (unpaired) electrons. The van der Waals surface area contributed by atoms with E-state index in [4.69, 9.17) is 10.5 Å². The van der Waals surface area contributed by atoms with E-state index in [2.05, 4.69) is 5.32 Å². The minimum Gasteiger partial charge on any atom is -0.481 e. The third kappa shape index (κ3) is 2.60. The van der Waals surface area contributed by atoms with Gasteiger partial charge in [0.05, 0.1) is 24.8 Å². The summed E-state index contributed by atoms with van der Waals surface area (Å²) >= 11 is 0. The maximum atomic E-state index is 12.3. The molecule has 2 unspecified atom stereocenters. The zero-order chi connectivity index (χ0) is 14.1. The highest BCUT2D eigenvalue weighted by molar-refractivity contribution is 5.87. The maximum Gasteiger partial charge on any atom is 0.313 e. The van der Waals surface area contributed by atoms with Gasteiger partial charge >= 0.3 is 5.97 Å². The van der Waals surface area contributed by atoms with Crippen LogP contribution < -0.4 is 11.1 Å². The molecule has 2 atom stereocenters. The lowest BCUT2D eigenvalue weighted by atomic mass is 9.80. The van der Waals surface area contributed by atoms with Crippen LogP contribution in [-0.2, 0) is 14.3 Å². The Labute approximate surface area is 112 Å². The van der Waals surface area contributed by atoms with Crippen molar-refractivity contribution in [1.82, 2.24) is 5.32 Å². The molecule has 0 aromatic heterocycles. The molecule has 2 fully saturated rings. The van der Waals surface area contributed by atoms with Gasteiger partial charge in [0, 0.05) is 0 Å². The van der Waals surface area contributed by atoms with Crippen molar-refractivity contribution in [3.8, 4) is 0 Å².